The van der Waals surface area contributed by atoms with Crippen LogP contribution in [0, 0.1) is 22.7 Å². The molecule has 0 radical (unpaired) electrons. The fraction of sp³-hybridized carbons (Fsp3) is 0.778. The fourth-order valence-corrected chi connectivity index (χ4v) is 4.50. The van der Waals surface area contributed by atoms with Crippen LogP contribution < -0.4 is 0 Å². The van der Waals surface area contributed by atoms with Crippen molar-refractivity contribution in [3.05, 3.63) is 35.4 Å². The summed E-state index contributed by atoms with van der Waals surface area (Å²) in [5, 5.41) is 0. The van der Waals surface area contributed by atoms with E-state index < -0.39 is 0 Å². The minimum atomic E-state index is 0.260. The van der Waals surface area contributed by atoms with Crippen molar-refractivity contribution in [1.82, 2.24) is 0 Å². The summed E-state index contributed by atoms with van der Waals surface area (Å²) in [5.41, 5.74) is 4.35. The second-order valence-electron chi connectivity index (χ2n) is 13.0. The smallest absolute Gasteiger partial charge is 0.0132 e. The number of benzene rings is 1. The summed E-state index contributed by atoms with van der Waals surface area (Å²) in [6.45, 7) is 27.9. The molecule has 0 heterocycles. The van der Waals surface area contributed by atoms with Crippen LogP contribution in [0.1, 0.15) is 113 Å². The fourth-order valence-electron chi connectivity index (χ4n) is 4.50. The molecule has 0 bridgehead atoms. The lowest BCUT2D eigenvalue weighted by molar-refractivity contribution is 0.0992. The lowest BCUT2D eigenvalue weighted by Gasteiger charge is -2.39. The van der Waals surface area contributed by atoms with Crippen molar-refractivity contribution in [2.24, 2.45) is 22.7 Å². The molecule has 0 aliphatic heterocycles. The maximum atomic E-state index is 2.40. The molecule has 1 fully saturated rings. The van der Waals surface area contributed by atoms with Crippen molar-refractivity contribution >= 4 is 0 Å². The van der Waals surface area contributed by atoms with Crippen LogP contribution in [-0.2, 0) is 10.8 Å². The SMILES string of the molecule is CC(C)(C)C1CCCC1C(C)(C)C.CC(C)(C)c1ccc(C(C)(C)C)cc1. The lowest BCUT2D eigenvalue weighted by atomic mass is 9.66. The van der Waals surface area contributed by atoms with Gasteiger partial charge >= 0.3 is 0 Å². The lowest BCUT2D eigenvalue weighted by Crippen LogP contribution is -2.32. The van der Waals surface area contributed by atoms with E-state index in [4.69, 9.17) is 0 Å². The molecule has 156 valence electrons. The highest BCUT2D eigenvalue weighted by Gasteiger charge is 2.41. The van der Waals surface area contributed by atoms with Gasteiger partial charge in [-0.15, -0.1) is 0 Å². The van der Waals surface area contributed by atoms with Gasteiger partial charge in [-0.1, -0.05) is 114 Å². The van der Waals surface area contributed by atoms with Crippen LogP contribution >= 0.6 is 0 Å². The highest BCUT2D eigenvalue weighted by Crippen LogP contribution is 2.50. The zero-order valence-corrected chi connectivity index (χ0v) is 20.6. The van der Waals surface area contributed by atoms with E-state index >= 15 is 0 Å². The topological polar surface area (TPSA) is 0 Å². The molecule has 1 aromatic rings. The first kappa shape index (κ1) is 24.3. The average Bonchev–Trinajstić information content (AvgIpc) is 2.96. The molecule has 0 heteroatoms. The van der Waals surface area contributed by atoms with Gasteiger partial charge in [-0.3, -0.25) is 0 Å². The van der Waals surface area contributed by atoms with Crippen LogP contribution in [0.5, 0.6) is 0 Å². The minimum Gasteiger partial charge on any atom is -0.0599 e. The quantitative estimate of drug-likeness (QED) is 0.427. The van der Waals surface area contributed by atoms with E-state index in [1.807, 2.05) is 0 Å². The Kier molecular flexibility index (Phi) is 7.46. The molecule has 27 heavy (non-hydrogen) atoms. The molecule has 1 aromatic carbocycles. The first-order chi connectivity index (χ1) is 11.9. The van der Waals surface area contributed by atoms with Gasteiger partial charge in [0.1, 0.15) is 0 Å². The molecule has 1 aliphatic rings. The minimum absolute atomic E-state index is 0.260. The molecule has 2 rings (SSSR count). The third-order valence-corrected chi connectivity index (χ3v) is 6.36. The van der Waals surface area contributed by atoms with Crippen LogP contribution in [-0.4, -0.2) is 0 Å². The summed E-state index contributed by atoms with van der Waals surface area (Å²) in [7, 11) is 0. The zero-order chi connectivity index (χ0) is 21.3. The zero-order valence-electron chi connectivity index (χ0n) is 20.6. The summed E-state index contributed by atoms with van der Waals surface area (Å²) < 4.78 is 0. The van der Waals surface area contributed by atoms with Crippen molar-refractivity contribution in [3.8, 4) is 0 Å². The molecule has 1 saturated carbocycles. The Morgan fingerprint density at radius 1 is 0.519 bits per heavy atom. The third-order valence-electron chi connectivity index (χ3n) is 6.36. The molecule has 0 spiro atoms. The van der Waals surface area contributed by atoms with E-state index in [1.165, 1.54) is 30.4 Å². The van der Waals surface area contributed by atoms with Gasteiger partial charge in [0.25, 0.3) is 0 Å². The van der Waals surface area contributed by atoms with Gasteiger partial charge in [0, 0.05) is 0 Å². The molecule has 0 amide bonds. The second-order valence-corrected chi connectivity index (χ2v) is 13.0. The van der Waals surface area contributed by atoms with Crippen molar-refractivity contribution in [2.75, 3.05) is 0 Å². The standard InChI is InChI=1S/C14H22.C13H26/c1-13(2,3)11-7-9-12(10-8-11)14(4,5)6;1-12(2,3)10-8-7-9-11(10)13(4,5)6/h7-10H,1-6H3;10-11H,7-9H2,1-6H3. The first-order valence-electron chi connectivity index (χ1n) is 11.0. The van der Waals surface area contributed by atoms with E-state index in [-0.39, 0.29) is 10.8 Å². The summed E-state index contributed by atoms with van der Waals surface area (Å²) >= 11 is 0. The largest absolute Gasteiger partial charge is 0.0599 e. The molecule has 0 aromatic heterocycles. The Morgan fingerprint density at radius 2 is 0.778 bits per heavy atom. The van der Waals surface area contributed by atoms with E-state index in [9.17, 15) is 0 Å². The van der Waals surface area contributed by atoms with Crippen LogP contribution in [0.4, 0.5) is 0 Å². The first-order valence-corrected chi connectivity index (χ1v) is 11.0. The Labute approximate surface area is 171 Å². The number of hydrogen-bond acceptors (Lipinski definition) is 0. The molecular formula is C27H48. The summed E-state index contributed by atoms with van der Waals surface area (Å²) in [6.07, 6.45) is 4.35. The van der Waals surface area contributed by atoms with E-state index in [2.05, 4.69) is 107 Å². The van der Waals surface area contributed by atoms with Crippen LogP contribution in [0.2, 0.25) is 0 Å². The average molecular weight is 373 g/mol. The molecule has 1 aliphatic carbocycles. The molecule has 0 N–H and O–H groups in total. The van der Waals surface area contributed by atoms with Gasteiger partial charge < -0.3 is 0 Å². The van der Waals surface area contributed by atoms with Crippen LogP contribution in [0.3, 0.4) is 0 Å². The Morgan fingerprint density at radius 3 is 0.963 bits per heavy atom. The van der Waals surface area contributed by atoms with Crippen molar-refractivity contribution in [1.29, 1.82) is 0 Å². The van der Waals surface area contributed by atoms with E-state index in [1.54, 1.807) is 0 Å². The molecule has 0 nitrogen and oxygen atoms in total. The van der Waals surface area contributed by atoms with Crippen LogP contribution in [0.25, 0.3) is 0 Å². The second kappa shape index (κ2) is 8.30. The van der Waals surface area contributed by atoms with Gasteiger partial charge in [-0.25, -0.2) is 0 Å². The van der Waals surface area contributed by atoms with Crippen molar-refractivity contribution < 1.29 is 0 Å². The highest BCUT2D eigenvalue weighted by atomic mass is 14.5. The Hall–Kier alpha value is -0.780. The molecule has 0 saturated heterocycles. The molecule has 2 atom stereocenters. The maximum absolute atomic E-state index is 2.40. The molecular weight excluding hydrogens is 324 g/mol. The Bertz CT molecular complexity index is 508. The monoisotopic (exact) mass is 372 g/mol. The van der Waals surface area contributed by atoms with Gasteiger partial charge in [0.15, 0.2) is 0 Å². The van der Waals surface area contributed by atoms with E-state index in [0.717, 1.165) is 11.8 Å². The summed E-state index contributed by atoms with van der Waals surface area (Å²) in [4.78, 5) is 0. The normalized spacial score (nSPS) is 21.6. The van der Waals surface area contributed by atoms with Crippen molar-refractivity contribution in [3.63, 3.8) is 0 Å². The molecule has 2 unspecified atom stereocenters. The number of hydrogen-bond donors (Lipinski definition) is 0. The predicted octanol–water partition coefficient (Wildman–Crippen LogP) is 8.78. The Balaban J connectivity index is 0.000000271. The third kappa shape index (κ3) is 7.28. The van der Waals surface area contributed by atoms with Gasteiger partial charge in [0.05, 0.1) is 0 Å². The van der Waals surface area contributed by atoms with Gasteiger partial charge in [-0.2, -0.15) is 0 Å². The summed E-state index contributed by atoms with van der Waals surface area (Å²) in [6, 6.07) is 9.00. The predicted molar refractivity (Wildman–Crippen MR) is 124 cm³/mol. The van der Waals surface area contributed by atoms with Crippen LogP contribution in [0.15, 0.2) is 24.3 Å². The van der Waals surface area contributed by atoms with Gasteiger partial charge in [-0.05, 0) is 57.5 Å². The summed E-state index contributed by atoms with van der Waals surface area (Å²) in [5.74, 6) is 1.87. The highest BCUT2D eigenvalue weighted by molar-refractivity contribution is 5.30. The number of rotatable bonds is 0. The maximum Gasteiger partial charge on any atom is -0.0132 e. The van der Waals surface area contributed by atoms with E-state index in [0.29, 0.717) is 10.8 Å². The van der Waals surface area contributed by atoms with Crippen molar-refractivity contribution in [2.45, 2.75) is 113 Å². The van der Waals surface area contributed by atoms with Gasteiger partial charge in [0.2, 0.25) is 0 Å².